The summed E-state index contributed by atoms with van der Waals surface area (Å²) in [5.74, 6) is 0.698. The van der Waals surface area contributed by atoms with E-state index in [1.54, 1.807) is 11.8 Å². The van der Waals surface area contributed by atoms with E-state index in [1.807, 2.05) is 54.6 Å². The molecule has 37 heavy (non-hydrogen) atoms. The average Bonchev–Trinajstić information content (AvgIpc) is 3.32. The molecule has 1 aromatic heterocycles. The van der Waals surface area contributed by atoms with Crippen molar-refractivity contribution in [1.82, 2.24) is 14.9 Å². The molecule has 0 spiro atoms. The Kier molecular flexibility index (Phi) is 8.02. The molecular weight excluding hydrogens is 474 g/mol. The van der Waals surface area contributed by atoms with Crippen molar-refractivity contribution in [3.8, 4) is 22.5 Å². The van der Waals surface area contributed by atoms with Gasteiger partial charge in [-0.3, -0.25) is 4.79 Å². The third-order valence-electron chi connectivity index (χ3n) is 6.42. The summed E-state index contributed by atoms with van der Waals surface area (Å²) in [6, 6.07) is 34.8. The van der Waals surface area contributed by atoms with Crippen molar-refractivity contribution in [2.45, 2.75) is 31.5 Å². The van der Waals surface area contributed by atoms with Crippen LogP contribution in [0.1, 0.15) is 30.1 Å². The fraction of sp³-hybridized carbons (Fsp3) is 0.188. The van der Waals surface area contributed by atoms with Crippen molar-refractivity contribution < 1.29 is 4.79 Å². The zero-order valence-corrected chi connectivity index (χ0v) is 21.9. The number of imidazole rings is 1. The molecule has 1 N–H and O–H groups in total. The number of carbonyl (C=O) groups excluding carboxylic acids is 1. The van der Waals surface area contributed by atoms with Crippen LogP contribution in [-0.2, 0) is 6.54 Å². The first kappa shape index (κ1) is 24.8. The molecule has 1 amide bonds. The number of hydrogen-bond donors (Lipinski definition) is 1. The first-order chi connectivity index (χ1) is 18.3. The molecule has 0 radical (unpaired) electrons. The van der Waals surface area contributed by atoms with Gasteiger partial charge in [0.25, 0.3) is 5.91 Å². The molecule has 5 heteroatoms. The van der Waals surface area contributed by atoms with Crippen molar-refractivity contribution in [2.24, 2.45) is 0 Å². The molecule has 0 bridgehead atoms. The predicted molar refractivity (Wildman–Crippen MR) is 155 cm³/mol. The smallest absolute Gasteiger partial charge is 0.251 e. The van der Waals surface area contributed by atoms with Crippen molar-refractivity contribution in [3.05, 3.63) is 109 Å². The van der Waals surface area contributed by atoms with Crippen LogP contribution in [0.5, 0.6) is 0 Å². The van der Waals surface area contributed by atoms with E-state index >= 15 is 0 Å². The molecule has 186 valence electrons. The molecule has 0 saturated heterocycles. The van der Waals surface area contributed by atoms with Gasteiger partial charge in [0, 0.05) is 35.5 Å². The van der Waals surface area contributed by atoms with Crippen LogP contribution in [0.25, 0.3) is 33.3 Å². The summed E-state index contributed by atoms with van der Waals surface area (Å²) in [7, 11) is 0. The lowest BCUT2D eigenvalue weighted by Gasteiger charge is -2.13. The van der Waals surface area contributed by atoms with Crippen molar-refractivity contribution >= 4 is 28.4 Å². The Morgan fingerprint density at radius 1 is 0.838 bits per heavy atom. The lowest BCUT2D eigenvalue weighted by atomic mass is 10.0. The standard InChI is InChI=1S/C32H31N3OS/c1-2-3-22-35-30(26-16-8-5-9-17-26)29(25-14-6-4-7-15-25)34-32(35)37-23-21-33-31(36)28-20-12-18-24-13-10-11-19-27(24)28/h4-20H,2-3,21-23H2,1H3,(H,33,36). The van der Waals surface area contributed by atoms with Crippen LogP contribution in [0.2, 0.25) is 0 Å². The third-order valence-corrected chi connectivity index (χ3v) is 7.39. The Bertz CT molecular complexity index is 1470. The number of thioether (sulfide) groups is 1. The quantitative estimate of drug-likeness (QED) is 0.156. The summed E-state index contributed by atoms with van der Waals surface area (Å²) >= 11 is 1.70. The summed E-state index contributed by atoms with van der Waals surface area (Å²) in [4.78, 5) is 18.1. The molecule has 4 aromatic carbocycles. The van der Waals surface area contributed by atoms with Crippen LogP contribution < -0.4 is 5.32 Å². The normalized spacial score (nSPS) is 11.1. The molecule has 0 saturated carbocycles. The van der Waals surface area contributed by atoms with Gasteiger partial charge in [-0.2, -0.15) is 0 Å². The largest absolute Gasteiger partial charge is 0.351 e. The van der Waals surface area contributed by atoms with Gasteiger partial charge in [0.2, 0.25) is 0 Å². The number of aromatic nitrogens is 2. The van der Waals surface area contributed by atoms with E-state index in [9.17, 15) is 4.79 Å². The molecular formula is C32H31N3OS. The first-order valence-electron chi connectivity index (χ1n) is 12.9. The second-order valence-corrected chi connectivity index (χ2v) is 10.0. The summed E-state index contributed by atoms with van der Waals surface area (Å²) in [6.07, 6.45) is 2.19. The number of nitrogens with one attached hydrogen (secondary N) is 1. The minimum absolute atomic E-state index is 0.0401. The van der Waals surface area contributed by atoms with Gasteiger partial charge in [-0.25, -0.2) is 4.98 Å². The summed E-state index contributed by atoms with van der Waals surface area (Å²) in [6.45, 7) is 3.69. The van der Waals surface area contributed by atoms with Gasteiger partial charge >= 0.3 is 0 Å². The van der Waals surface area contributed by atoms with Crippen LogP contribution in [-0.4, -0.2) is 27.8 Å². The number of benzene rings is 4. The van der Waals surface area contributed by atoms with E-state index in [2.05, 4.69) is 65.3 Å². The third kappa shape index (κ3) is 5.62. The predicted octanol–water partition coefficient (Wildman–Crippen LogP) is 7.69. The molecule has 4 nitrogen and oxygen atoms in total. The maximum Gasteiger partial charge on any atom is 0.251 e. The van der Waals surface area contributed by atoms with Gasteiger partial charge in [0.05, 0.1) is 11.4 Å². The molecule has 0 aliphatic heterocycles. The van der Waals surface area contributed by atoms with E-state index in [4.69, 9.17) is 4.98 Å². The van der Waals surface area contributed by atoms with Crippen molar-refractivity contribution in [2.75, 3.05) is 12.3 Å². The second kappa shape index (κ2) is 11.9. The van der Waals surface area contributed by atoms with Gasteiger partial charge < -0.3 is 9.88 Å². The number of fused-ring (bicyclic) bond motifs is 1. The highest BCUT2D eigenvalue weighted by atomic mass is 32.2. The lowest BCUT2D eigenvalue weighted by Crippen LogP contribution is -2.26. The minimum Gasteiger partial charge on any atom is -0.351 e. The summed E-state index contributed by atoms with van der Waals surface area (Å²) in [5, 5.41) is 6.15. The van der Waals surface area contributed by atoms with Crippen LogP contribution in [0.4, 0.5) is 0 Å². The zero-order chi connectivity index (χ0) is 25.5. The van der Waals surface area contributed by atoms with Crippen molar-refractivity contribution in [1.29, 1.82) is 0 Å². The summed E-state index contributed by atoms with van der Waals surface area (Å²) < 4.78 is 2.36. The highest BCUT2D eigenvalue weighted by molar-refractivity contribution is 7.99. The molecule has 0 aliphatic rings. The molecule has 5 aromatic rings. The Hall–Kier alpha value is -3.83. The number of nitrogens with zero attached hydrogens (tertiary/aromatic N) is 2. The molecule has 0 atom stereocenters. The lowest BCUT2D eigenvalue weighted by molar-refractivity contribution is 0.0958. The molecule has 0 fully saturated rings. The first-order valence-corrected chi connectivity index (χ1v) is 13.8. The molecule has 5 rings (SSSR count). The Balaban J connectivity index is 1.38. The summed E-state index contributed by atoms with van der Waals surface area (Å²) in [5.41, 5.74) is 5.15. The second-order valence-electron chi connectivity index (χ2n) is 8.96. The van der Waals surface area contributed by atoms with Gasteiger partial charge in [0.1, 0.15) is 0 Å². The molecule has 0 aliphatic carbocycles. The van der Waals surface area contributed by atoms with Gasteiger partial charge in [-0.05, 0) is 23.3 Å². The van der Waals surface area contributed by atoms with Gasteiger partial charge in [0.15, 0.2) is 5.16 Å². The Morgan fingerprint density at radius 2 is 1.51 bits per heavy atom. The van der Waals surface area contributed by atoms with E-state index in [1.165, 1.54) is 5.56 Å². The number of carbonyl (C=O) groups is 1. The number of rotatable bonds is 10. The fourth-order valence-corrected chi connectivity index (χ4v) is 5.46. The van der Waals surface area contributed by atoms with Crippen LogP contribution in [0, 0.1) is 0 Å². The van der Waals surface area contributed by atoms with Crippen molar-refractivity contribution in [3.63, 3.8) is 0 Å². The fourth-order valence-electron chi connectivity index (χ4n) is 4.58. The van der Waals surface area contributed by atoms with Crippen LogP contribution in [0.3, 0.4) is 0 Å². The average molecular weight is 506 g/mol. The van der Waals surface area contributed by atoms with E-state index in [0.29, 0.717) is 12.1 Å². The maximum atomic E-state index is 13.0. The van der Waals surface area contributed by atoms with Crippen LogP contribution in [0.15, 0.2) is 108 Å². The van der Waals surface area contributed by atoms with Gasteiger partial charge in [-0.1, -0.05) is 122 Å². The highest BCUT2D eigenvalue weighted by Crippen LogP contribution is 2.36. The Labute approximate surface area is 222 Å². The number of hydrogen-bond acceptors (Lipinski definition) is 3. The maximum absolute atomic E-state index is 13.0. The van der Waals surface area contributed by atoms with Crippen LogP contribution >= 0.6 is 11.8 Å². The molecule has 0 unspecified atom stereocenters. The van der Waals surface area contributed by atoms with Gasteiger partial charge in [-0.15, -0.1) is 0 Å². The topological polar surface area (TPSA) is 46.9 Å². The van der Waals surface area contributed by atoms with E-state index in [0.717, 1.165) is 58.0 Å². The highest BCUT2D eigenvalue weighted by Gasteiger charge is 2.20. The SMILES string of the molecule is CCCCn1c(SCCNC(=O)c2cccc3ccccc23)nc(-c2ccccc2)c1-c1ccccc1. The number of amides is 1. The Morgan fingerprint density at radius 3 is 2.27 bits per heavy atom. The zero-order valence-electron chi connectivity index (χ0n) is 21.1. The minimum atomic E-state index is -0.0401. The van der Waals surface area contributed by atoms with E-state index < -0.39 is 0 Å². The van der Waals surface area contributed by atoms with E-state index in [-0.39, 0.29) is 5.91 Å². The molecule has 1 heterocycles. The monoisotopic (exact) mass is 505 g/mol. The number of unbranched alkanes of at least 4 members (excludes halogenated alkanes) is 1.